The highest BCUT2D eigenvalue weighted by Gasteiger charge is 2.25. The number of halogens is 2. The minimum Gasteiger partial charge on any atom is -0.375 e. The van der Waals surface area contributed by atoms with Gasteiger partial charge in [0.05, 0.1) is 11.1 Å². The molecule has 8 heteroatoms. The zero-order valence-electron chi connectivity index (χ0n) is 16.0. The molecule has 1 aliphatic rings. The molecular formula is C20H25ClFN5O. The van der Waals surface area contributed by atoms with E-state index in [1.165, 1.54) is 12.1 Å². The molecule has 6 nitrogen and oxygen atoms in total. The largest absolute Gasteiger partial charge is 0.375 e. The maximum atomic E-state index is 13.1. The van der Waals surface area contributed by atoms with Crippen molar-refractivity contribution in [3.8, 4) is 0 Å². The first kappa shape index (κ1) is 20.4. The molecule has 0 aliphatic carbocycles. The second-order valence-corrected chi connectivity index (χ2v) is 7.02. The van der Waals surface area contributed by atoms with Gasteiger partial charge in [-0.1, -0.05) is 23.7 Å². The Balaban J connectivity index is 1.53. The third-order valence-corrected chi connectivity index (χ3v) is 5.07. The molecule has 2 atom stereocenters. The first-order chi connectivity index (χ1) is 13.6. The van der Waals surface area contributed by atoms with E-state index in [1.54, 1.807) is 32.5 Å². The van der Waals surface area contributed by atoms with Crippen molar-refractivity contribution in [1.82, 2.24) is 15.6 Å². The first-order valence-corrected chi connectivity index (χ1v) is 9.59. The van der Waals surface area contributed by atoms with Crippen LogP contribution in [0.5, 0.6) is 0 Å². The molecule has 2 N–H and O–H groups in total. The summed E-state index contributed by atoms with van der Waals surface area (Å²) < 4.78 is 18.7. The Morgan fingerprint density at radius 3 is 2.86 bits per heavy atom. The predicted octanol–water partition coefficient (Wildman–Crippen LogP) is 3.01. The number of anilines is 1. The lowest BCUT2D eigenvalue weighted by atomic mass is 10.1. The first-order valence-electron chi connectivity index (χ1n) is 9.21. The lowest BCUT2D eigenvalue weighted by molar-refractivity contribution is 0.106. The van der Waals surface area contributed by atoms with E-state index >= 15 is 0 Å². The molecule has 0 bridgehead atoms. The van der Waals surface area contributed by atoms with Gasteiger partial charge >= 0.3 is 0 Å². The van der Waals surface area contributed by atoms with Gasteiger partial charge in [-0.3, -0.25) is 4.99 Å². The summed E-state index contributed by atoms with van der Waals surface area (Å²) in [5.41, 5.74) is 0.906. The fraction of sp³-hybridized carbons (Fsp3) is 0.400. The second-order valence-electron chi connectivity index (χ2n) is 6.61. The normalized spacial score (nSPS) is 18.2. The Morgan fingerprint density at radius 1 is 1.39 bits per heavy atom. The molecule has 2 heterocycles. The number of hydrogen-bond donors (Lipinski definition) is 2. The standard InChI is InChI=1S/C20H25ClFN5O/c1-23-20(25-12-18(28-2)14-5-7-15(22)8-6-14)26-16-9-11-27(13-16)19-17(21)4-3-10-24-19/h3-8,10,16,18H,9,11-13H2,1-2H3,(H2,23,25,26). The number of methoxy groups -OCH3 is 1. The quantitative estimate of drug-likeness (QED) is 0.571. The molecule has 1 saturated heterocycles. The highest BCUT2D eigenvalue weighted by Crippen LogP contribution is 2.25. The van der Waals surface area contributed by atoms with Crippen LogP contribution in [0.1, 0.15) is 18.1 Å². The highest BCUT2D eigenvalue weighted by atomic mass is 35.5. The van der Waals surface area contributed by atoms with E-state index < -0.39 is 0 Å². The zero-order chi connectivity index (χ0) is 19.9. The maximum absolute atomic E-state index is 13.1. The van der Waals surface area contributed by atoms with Crippen molar-refractivity contribution in [3.63, 3.8) is 0 Å². The van der Waals surface area contributed by atoms with Crippen LogP contribution in [0, 0.1) is 5.82 Å². The summed E-state index contributed by atoms with van der Waals surface area (Å²) in [5, 5.41) is 7.38. The van der Waals surface area contributed by atoms with Crippen molar-refractivity contribution in [1.29, 1.82) is 0 Å². The van der Waals surface area contributed by atoms with E-state index in [0.29, 0.717) is 17.5 Å². The maximum Gasteiger partial charge on any atom is 0.191 e. The predicted molar refractivity (Wildman–Crippen MR) is 111 cm³/mol. The molecule has 0 saturated carbocycles. The molecule has 1 fully saturated rings. The van der Waals surface area contributed by atoms with E-state index in [2.05, 4.69) is 25.5 Å². The number of guanidine groups is 1. The van der Waals surface area contributed by atoms with Gasteiger partial charge in [0.1, 0.15) is 11.6 Å². The molecule has 0 amide bonds. The third-order valence-electron chi connectivity index (χ3n) is 4.77. The van der Waals surface area contributed by atoms with Gasteiger partial charge in [-0.2, -0.15) is 0 Å². The number of pyridine rings is 1. The molecule has 28 heavy (non-hydrogen) atoms. The number of aliphatic imine (C=N–C) groups is 1. The Hall–Kier alpha value is -2.38. The van der Waals surface area contributed by atoms with Crippen molar-refractivity contribution in [3.05, 3.63) is 59.0 Å². The lowest BCUT2D eigenvalue weighted by Crippen LogP contribution is -2.45. The monoisotopic (exact) mass is 405 g/mol. The molecule has 3 rings (SSSR count). The molecule has 1 aromatic carbocycles. The zero-order valence-corrected chi connectivity index (χ0v) is 16.8. The lowest BCUT2D eigenvalue weighted by Gasteiger charge is -2.22. The summed E-state index contributed by atoms with van der Waals surface area (Å²) in [5.74, 6) is 1.25. The third kappa shape index (κ3) is 5.11. The minimum absolute atomic E-state index is 0.202. The molecule has 2 aromatic rings. The number of nitrogens with one attached hydrogen (secondary N) is 2. The van der Waals surface area contributed by atoms with E-state index in [-0.39, 0.29) is 18.0 Å². The van der Waals surface area contributed by atoms with E-state index in [9.17, 15) is 4.39 Å². The van der Waals surface area contributed by atoms with Crippen LogP contribution in [0.4, 0.5) is 10.2 Å². The van der Waals surface area contributed by atoms with Crippen LogP contribution >= 0.6 is 11.6 Å². The van der Waals surface area contributed by atoms with Gasteiger partial charge in [-0.25, -0.2) is 9.37 Å². The van der Waals surface area contributed by atoms with Gasteiger partial charge < -0.3 is 20.3 Å². The van der Waals surface area contributed by atoms with Crippen molar-refractivity contribution in [2.75, 3.05) is 38.7 Å². The van der Waals surface area contributed by atoms with Crippen LogP contribution in [-0.4, -0.2) is 50.8 Å². The van der Waals surface area contributed by atoms with Crippen molar-refractivity contribution in [2.24, 2.45) is 4.99 Å². The summed E-state index contributed by atoms with van der Waals surface area (Å²) in [7, 11) is 3.37. The van der Waals surface area contributed by atoms with Gasteiger partial charge in [0.15, 0.2) is 5.96 Å². The van der Waals surface area contributed by atoms with Crippen LogP contribution in [0.25, 0.3) is 0 Å². The van der Waals surface area contributed by atoms with Crippen molar-refractivity contribution in [2.45, 2.75) is 18.6 Å². The number of hydrogen-bond acceptors (Lipinski definition) is 4. The minimum atomic E-state index is -0.261. The fourth-order valence-corrected chi connectivity index (χ4v) is 3.51. The summed E-state index contributed by atoms with van der Waals surface area (Å²) >= 11 is 6.26. The van der Waals surface area contributed by atoms with Gasteiger partial charge in [0, 0.05) is 46.0 Å². The second kappa shape index (κ2) is 9.71. The number of nitrogens with zero attached hydrogens (tertiary/aromatic N) is 3. The summed E-state index contributed by atoms with van der Waals surface area (Å²) in [4.78, 5) is 10.9. The molecular weight excluding hydrogens is 381 g/mol. The van der Waals surface area contributed by atoms with Crippen LogP contribution < -0.4 is 15.5 Å². The van der Waals surface area contributed by atoms with Gasteiger partial charge in [-0.05, 0) is 36.2 Å². The van der Waals surface area contributed by atoms with Crippen molar-refractivity contribution < 1.29 is 9.13 Å². The fourth-order valence-electron chi connectivity index (χ4n) is 3.27. The number of ether oxygens (including phenoxy) is 1. The molecule has 0 radical (unpaired) electrons. The highest BCUT2D eigenvalue weighted by molar-refractivity contribution is 6.32. The average molecular weight is 406 g/mol. The van der Waals surface area contributed by atoms with Crippen LogP contribution in [0.15, 0.2) is 47.6 Å². The summed E-state index contributed by atoms with van der Waals surface area (Å²) in [6.45, 7) is 2.19. The molecule has 150 valence electrons. The van der Waals surface area contributed by atoms with Crippen LogP contribution in [0.3, 0.4) is 0 Å². The van der Waals surface area contributed by atoms with Crippen LogP contribution in [-0.2, 0) is 4.74 Å². The molecule has 1 aromatic heterocycles. The van der Waals surface area contributed by atoms with Gasteiger partial charge in [-0.15, -0.1) is 0 Å². The topological polar surface area (TPSA) is 61.8 Å². The number of aromatic nitrogens is 1. The van der Waals surface area contributed by atoms with Gasteiger partial charge in [0.2, 0.25) is 0 Å². The smallest absolute Gasteiger partial charge is 0.191 e. The SMILES string of the molecule is CN=C(NCC(OC)c1ccc(F)cc1)NC1CCN(c2ncccc2Cl)C1. The van der Waals surface area contributed by atoms with E-state index in [4.69, 9.17) is 16.3 Å². The van der Waals surface area contributed by atoms with E-state index in [0.717, 1.165) is 30.9 Å². The number of benzene rings is 1. The Labute approximate surface area is 169 Å². The Morgan fingerprint density at radius 2 is 2.18 bits per heavy atom. The Kier molecular flexibility index (Phi) is 7.06. The number of rotatable bonds is 6. The Bertz CT molecular complexity index is 801. The molecule has 0 spiro atoms. The molecule has 2 unspecified atom stereocenters. The van der Waals surface area contributed by atoms with E-state index in [1.807, 2.05) is 12.1 Å². The van der Waals surface area contributed by atoms with Crippen LogP contribution in [0.2, 0.25) is 5.02 Å². The van der Waals surface area contributed by atoms with Gasteiger partial charge in [0.25, 0.3) is 0 Å². The summed E-state index contributed by atoms with van der Waals surface area (Å²) in [6, 6.07) is 10.2. The average Bonchev–Trinajstić information content (AvgIpc) is 3.17. The summed E-state index contributed by atoms with van der Waals surface area (Å²) in [6.07, 6.45) is 2.51. The van der Waals surface area contributed by atoms with Crippen molar-refractivity contribution >= 4 is 23.4 Å². The molecule has 1 aliphatic heterocycles.